The van der Waals surface area contributed by atoms with Crippen LogP contribution in [0.15, 0.2) is 27.5 Å². The minimum Gasteiger partial charge on any atom is -0.505 e. The van der Waals surface area contributed by atoms with E-state index in [0.717, 1.165) is 12.8 Å². The second-order valence-electron chi connectivity index (χ2n) is 5.05. The van der Waals surface area contributed by atoms with Crippen molar-refractivity contribution >= 4 is 32.7 Å². The number of carboxylic acid groups (broad SMARTS) is 1. The summed E-state index contributed by atoms with van der Waals surface area (Å²) in [5, 5.41) is 20.1. The number of carboxylic acids is 1. The smallest absolute Gasteiger partial charge is 0.356 e. The zero-order valence-electron chi connectivity index (χ0n) is 10.5. The number of benzene rings is 1. The van der Waals surface area contributed by atoms with Crippen molar-refractivity contribution in [2.24, 2.45) is 5.92 Å². The molecule has 1 heterocycles. The van der Waals surface area contributed by atoms with E-state index in [2.05, 4.69) is 15.9 Å². The van der Waals surface area contributed by atoms with E-state index in [9.17, 15) is 19.8 Å². The first-order chi connectivity index (χ1) is 9.49. The quantitative estimate of drug-likeness (QED) is 0.902. The second kappa shape index (κ2) is 4.63. The van der Waals surface area contributed by atoms with Crippen molar-refractivity contribution in [1.29, 1.82) is 0 Å². The summed E-state index contributed by atoms with van der Waals surface area (Å²) in [5.74, 6) is -1.31. The number of pyridine rings is 1. The van der Waals surface area contributed by atoms with E-state index in [1.165, 1.54) is 4.57 Å². The van der Waals surface area contributed by atoms with Crippen molar-refractivity contribution in [1.82, 2.24) is 4.57 Å². The van der Waals surface area contributed by atoms with Crippen LogP contribution in [0.2, 0.25) is 0 Å². The van der Waals surface area contributed by atoms with Gasteiger partial charge in [0.1, 0.15) is 0 Å². The number of hydrogen-bond acceptors (Lipinski definition) is 3. The maximum absolute atomic E-state index is 12.5. The number of nitrogens with zero attached hydrogens (tertiary/aromatic N) is 1. The first kappa shape index (κ1) is 13.2. The third-order valence-electron chi connectivity index (χ3n) is 3.55. The van der Waals surface area contributed by atoms with Gasteiger partial charge in [0.2, 0.25) is 0 Å². The second-order valence-corrected chi connectivity index (χ2v) is 5.97. The van der Waals surface area contributed by atoms with Crippen molar-refractivity contribution in [2.75, 3.05) is 0 Å². The monoisotopic (exact) mass is 337 g/mol. The number of aromatic hydroxyl groups is 1. The van der Waals surface area contributed by atoms with Crippen LogP contribution in [0.1, 0.15) is 23.3 Å². The molecule has 2 aromatic rings. The van der Waals surface area contributed by atoms with Crippen LogP contribution in [0.25, 0.3) is 10.8 Å². The molecule has 1 aromatic carbocycles. The van der Waals surface area contributed by atoms with Crippen LogP contribution in [-0.2, 0) is 6.54 Å². The van der Waals surface area contributed by atoms with Crippen LogP contribution < -0.4 is 5.56 Å². The van der Waals surface area contributed by atoms with Gasteiger partial charge in [0, 0.05) is 16.4 Å². The van der Waals surface area contributed by atoms with Gasteiger partial charge in [0.15, 0.2) is 11.4 Å². The number of aromatic carboxylic acids is 1. The number of fused-ring (bicyclic) bond motifs is 1. The van der Waals surface area contributed by atoms with Gasteiger partial charge in [-0.3, -0.25) is 9.36 Å². The van der Waals surface area contributed by atoms with Gasteiger partial charge in [0.25, 0.3) is 5.56 Å². The van der Waals surface area contributed by atoms with E-state index in [-0.39, 0.29) is 22.4 Å². The Hall–Kier alpha value is -1.82. The summed E-state index contributed by atoms with van der Waals surface area (Å²) in [6.45, 7) is 0.344. The Morgan fingerprint density at radius 2 is 2.05 bits per heavy atom. The molecule has 0 bridgehead atoms. The summed E-state index contributed by atoms with van der Waals surface area (Å²) in [5.41, 5.74) is -0.694. The van der Waals surface area contributed by atoms with E-state index in [1.54, 1.807) is 18.2 Å². The first-order valence-corrected chi connectivity index (χ1v) is 7.06. The Labute approximate surface area is 122 Å². The highest BCUT2D eigenvalue weighted by Crippen LogP contribution is 2.33. The molecule has 5 nitrogen and oxygen atoms in total. The predicted molar refractivity (Wildman–Crippen MR) is 77.3 cm³/mol. The largest absolute Gasteiger partial charge is 0.505 e. The molecule has 0 saturated heterocycles. The minimum absolute atomic E-state index is 0.266. The van der Waals surface area contributed by atoms with E-state index < -0.39 is 5.97 Å². The maximum atomic E-state index is 12.5. The van der Waals surface area contributed by atoms with Crippen LogP contribution in [0, 0.1) is 5.92 Å². The van der Waals surface area contributed by atoms with Gasteiger partial charge in [-0.25, -0.2) is 4.79 Å². The fraction of sp³-hybridized carbons (Fsp3) is 0.286. The van der Waals surface area contributed by atoms with E-state index in [0.29, 0.717) is 22.3 Å². The third kappa shape index (κ3) is 2.10. The molecule has 0 spiro atoms. The van der Waals surface area contributed by atoms with Crippen LogP contribution in [0.3, 0.4) is 0 Å². The van der Waals surface area contributed by atoms with Gasteiger partial charge in [-0.1, -0.05) is 15.9 Å². The number of carbonyl (C=O) groups is 1. The van der Waals surface area contributed by atoms with Gasteiger partial charge in [-0.05, 0) is 37.0 Å². The summed E-state index contributed by atoms with van der Waals surface area (Å²) in [6, 6.07) is 4.81. The molecule has 2 N–H and O–H groups in total. The number of aromatic nitrogens is 1. The molecule has 0 radical (unpaired) electrons. The standard InChI is InChI=1S/C14H12BrNO4/c15-8-3-4-9-10(5-8)13(18)16(6-7-1-2-7)11(12(9)17)14(19)20/h3-5,7,17H,1-2,6H2,(H,19,20). The van der Waals surface area contributed by atoms with Gasteiger partial charge in [-0.15, -0.1) is 0 Å². The lowest BCUT2D eigenvalue weighted by Gasteiger charge is -2.13. The molecule has 0 atom stereocenters. The molecule has 1 fully saturated rings. The summed E-state index contributed by atoms with van der Waals surface area (Å²) in [6.07, 6.45) is 1.98. The Kier molecular flexibility index (Phi) is 3.05. The highest BCUT2D eigenvalue weighted by atomic mass is 79.9. The van der Waals surface area contributed by atoms with E-state index in [1.807, 2.05) is 0 Å². The topological polar surface area (TPSA) is 79.5 Å². The molecule has 1 saturated carbocycles. The fourth-order valence-electron chi connectivity index (χ4n) is 2.35. The summed E-state index contributed by atoms with van der Waals surface area (Å²) in [4.78, 5) is 23.9. The highest BCUT2D eigenvalue weighted by molar-refractivity contribution is 9.10. The molecular formula is C14H12BrNO4. The average Bonchev–Trinajstić information content (AvgIpc) is 3.19. The van der Waals surface area contributed by atoms with Gasteiger partial charge in [-0.2, -0.15) is 0 Å². The van der Waals surface area contributed by atoms with E-state index in [4.69, 9.17) is 0 Å². The fourth-order valence-corrected chi connectivity index (χ4v) is 2.71. The predicted octanol–water partition coefficient (Wildman–Crippen LogP) is 2.58. The Morgan fingerprint density at radius 1 is 1.35 bits per heavy atom. The third-order valence-corrected chi connectivity index (χ3v) is 4.04. The summed E-state index contributed by atoms with van der Waals surface area (Å²) >= 11 is 3.28. The zero-order valence-corrected chi connectivity index (χ0v) is 12.1. The molecule has 1 aliphatic rings. The van der Waals surface area contributed by atoms with Crippen molar-refractivity contribution in [3.63, 3.8) is 0 Å². The molecule has 0 aliphatic heterocycles. The van der Waals surface area contributed by atoms with Gasteiger partial charge < -0.3 is 10.2 Å². The minimum atomic E-state index is -1.29. The average molecular weight is 338 g/mol. The zero-order chi connectivity index (χ0) is 14.4. The van der Waals surface area contributed by atoms with Crippen molar-refractivity contribution in [3.05, 3.63) is 38.7 Å². The van der Waals surface area contributed by atoms with Crippen LogP contribution in [0.5, 0.6) is 5.75 Å². The Morgan fingerprint density at radius 3 is 2.65 bits per heavy atom. The number of hydrogen-bond donors (Lipinski definition) is 2. The molecular weight excluding hydrogens is 326 g/mol. The summed E-state index contributed by atoms with van der Waals surface area (Å²) in [7, 11) is 0. The number of halogens is 1. The molecule has 1 aromatic heterocycles. The first-order valence-electron chi connectivity index (χ1n) is 6.27. The maximum Gasteiger partial charge on any atom is 0.356 e. The Balaban J connectivity index is 2.38. The van der Waals surface area contributed by atoms with Gasteiger partial charge >= 0.3 is 5.97 Å². The van der Waals surface area contributed by atoms with Gasteiger partial charge in [0.05, 0.1) is 5.39 Å². The number of rotatable bonds is 3. The molecule has 20 heavy (non-hydrogen) atoms. The molecule has 6 heteroatoms. The van der Waals surface area contributed by atoms with Crippen molar-refractivity contribution in [3.8, 4) is 5.75 Å². The lowest BCUT2D eigenvalue weighted by Crippen LogP contribution is -2.27. The molecule has 3 rings (SSSR count). The molecule has 0 unspecified atom stereocenters. The van der Waals surface area contributed by atoms with Crippen LogP contribution in [0.4, 0.5) is 0 Å². The highest BCUT2D eigenvalue weighted by Gasteiger charge is 2.27. The molecule has 0 amide bonds. The van der Waals surface area contributed by atoms with Crippen molar-refractivity contribution < 1.29 is 15.0 Å². The van der Waals surface area contributed by atoms with Crippen molar-refractivity contribution in [2.45, 2.75) is 19.4 Å². The lowest BCUT2D eigenvalue weighted by atomic mass is 10.1. The Bertz CT molecular complexity index is 777. The lowest BCUT2D eigenvalue weighted by molar-refractivity contribution is 0.0679. The SMILES string of the molecule is O=C(O)c1c(O)c2ccc(Br)cc2c(=O)n1CC1CC1. The van der Waals surface area contributed by atoms with E-state index >= 15 is 0 Å². The normalized spacial score (nSPS) is 14.7. The van der Waals surface area contributed by atoms with Crippen LogP contribution >= 0.6 is 15.9 Å². The summed E-state index contributed by atoms with van der Waals surface area (Å²) < 4.78 is 1.90. The molecule has 1 aliphatic carbocycles. The molecule has 104 valence electrons. The van der Waals surface area contributed by atoms with Crippen LogP contribution in [-0.4, -0.2) is 20.7 Å².